The lowest BCUT2D eigenvalue weighted by molar-refractivity contribution is 0.0951. The molecule has 1 amide bonds. The molecule has 0 unspecified atom stereocenters. The lowest BCUT2D eigenvalue weighted by Crippen LogP contribution is -2.24. The molecule has 2 aromatic heterocycles. The number of amides is 1. The van der Waals surface area contributed by atoms with Gasteiger partial charge in [0.15, 0.2) is 0 Å². The van der Waals surface area contributed by atoms with Gasteiger partial charge in [-0.05, 0) is 12.5 Å². The van der Waals surface area contributed by atoms with Gasteiger partial charge in [0.2, 0.25) is 0 Å². The number of hydrogen-bond acceptors (Lipinski definition) is 4. The van der Waals surface area contributed by atoms with E-state index in [1.54, 1.807) is 30.2 Å². The quantitative estimate of drug-likeness (QED) is 0.862. The van der Waals surface area contributed by atoms with E-state index in [1.807, 2.05) is 20.2 Å². The highest BCUT2D eigenvalue weighted by molar-refractivity contribution is 5.99. The average molecular weight is 273 g/mol. The predicted octanol–water partition coefficient (Wildman–Crippen LogP) is 1.35. The summed E-state index contributed by atoms with van der Waals surface area (Å²) in [6.45, 7) is 2.52. The first kappa shape index (κ1) is 14.0. The summed E-state index contributed by atoms with van der Waals surface area (Å²) in [4.78, 5) is 16.2. The molecule has 2 heterocycles. The minimum absolute atomic E-state index is 0.145. The highest BCUT2D eigenvalue weighted by Gasteiger charge is 2.12. The van der Waals surface area contributed by atoms with Crippen molar-refractivity contribution in [2.75, 3.05) is 12.4 Å². The molecule has 0 atom stereocenters. The first-order valence-corrected chi connectivity index (χ1v) is 6.57. The van der Waals surface area contributed by atoms with E-state index in [4.69, 9.17) is 0 Å². The van der Waals surface area contributed by atoms with Crippen molar-refractivity contribution in [2.24, 2.45) is 7.05 Å². The molecule has 6 heteroatoms. The number of hydrogen-bond donors (Lipinski definition) is 2. The molecule has 0 aliphatic heterocycles. The number of aryl methyl sites for hydroxylation is 2. The van der Waals surface area contributed by atoms with Crippen LogP contribution in [0.3, 0.4) is 0 Å². The third kappa shape index (κ3) is 2.96. The standard InChI is InChI=1S/C14H19N5O/c1-4-12-10(9-19(3)18-12)7-17-14(20)11-8-16-6-5-13(11)15-2/h5-6,8-9H,4,7H2,1-3H3,(H,15,16)(H,17,20). The van der Waals surface area contributed by atoms with Gasteiger partial charge < -0.3 is 10.6 Å². The Balaban J connectivity index is 2.08. The predicted molar refractivity (Wildman–Crippen MR) is 77.5 cm³/mol. The van der Waals surface area contributed by atoms with Crippen LogP contribution in [0.25, 0.3) is 0 Å². The van der Waals surface area contributed by atoms with E-state index < -0.39 is 0 Å². The van der Waals surface area contributed by atoms with Gasteiger partial charge in [0.1, 0.15) is 0 Å². The molecular formula is C14H19N5O. The molecule has 0 aliphatic rings. The highest BCUT2D eigenvalue weighted by atomic mass is 16.1. The largest absolute Gasteiger partial charge is 0.387 e. The van der Waals surface area contributed by atoms with E-state index in [0.717, 1.165) is 23.4 Å². The molecule has 20 heavy (non-hydrogen) atoms. The van der Waals surface area contributed by atoms with Crippen molar-refractivity contribution in [3.8, 4) is 0 Å². The van der Waals surface area contributed by atoms with E-state index in [9.17, 15) is 4.79 Å². The summed E-state index contributed by atoms with van der Waals surface area (Å²) in [5.41, 5.74) is 3.35. The van der Waals surface area contributed by atoms with Crippen molar-refractivity contribution in [3.05, 3.63) is 41.5 Å². The molecule has 2 rings (SSSR count). The number of rotatable bonds is 5. The molecule has 0 aliphatic carbocycles. The zero-order valence-corrected chi connectivity index (χ0v) is 12.0. The Morgan fingerprint density at radius 2 is 2.25 bits per heavy atom. The van der Waals surface area contributed by atoms with Crippen LogP contribution in [-0.4, -0.2) is 27.7 Å². The van der Waals surface area contributed by atoms with Crippen LogP contribution >= 0.6 is 0 Å². The Labute approximate surface area is 118 Å². The summed E-state index contributed by atoms with van der Waals surface area (Å²) >= 11 is 0. The fourth-order valence-corrected chi connectivity index (χ4v) is 2.09. The second kappa shape index (κ2) is 6.18. The van der Waals surface area contributed by atoms with Crippen molar-refractivity contribution in [3.63, 3.8) is 0 Å². The average Bonchev–Trinajstić information content (AvgIpc) is 2.84. The molecule has 0 fully saturated rings. The Hall–Kier alpha value is -2.37. The van der Waals surface area contributed by atoms with Crippen LogP contribution in [-0.2, 0) is 20.0 Å². The van der Waals surface area contributed by atoms with Crippen LogP contribution < -0.4 is 10.6 Å². The first-order valence-electron chi connectivity index (χ1n) is 6.57. The van der Waals surface area contributed by atoms with E-state index in [0.29, 0.717) is 12.1 Å². The van der Waals surface area contributed by atoms with Crippen molar-refractivity contribution in [1.82, 2.24) is 20.1 Å². The molecular weight excluding hydrogens is 254 g/mol. The number of anilines is 1. The third-order valence-corrected chi connectivity index (χ3v) is 3.10. The molecule has 2 aromatic rings. The van der Waals surface area contributed by atoms with Crippen molar-refractivity contribution in [1.29, 1.82) is 0 Å². The van der Waals surface area contributed by atoms with Gasteiger partial charge in [-0.15, -0.1) is 0 Å². The minimum atomic E-state index is -0.145. The first-order chi connectivity index (χ1) is 9.65. The van der Waals surface area contributed by atoms with Gasteiger partial charge in [-0.25, -0.2) is 0 Å². The monoisotopic (exact) mass is 273 g/mol. The molecule has 6 nitrogen and oxygen atoms in total. The lowest BCUT2D eigenvalue weighted by Gasteiger charge is -2.08. The second-order valence-electron chi connectivity index (χ2n) is 4.48. The van der Waals surface area contributed by atoms with Gasteiger partial charge in [-0.1, -0.05) is 6.92 Å². The molecule has 0 spiro atoms. The number of pyridine rings is 1. The van der Waals surface area contributed by atoms with Crippen LogP contribution in [0.4, 0.5) is 5.69 Å². The van der Waals surface area contributed by atoms with E-state index in [1.165, 1.54) is 0 Å². The van der Waals surface area contributed by atoms with Crippen molar-refractivity contribution in [2.45, 2.75) is 19.9 Å². The number of carbonyl (C=O) groups is 1. The SMILES string of the molecule is CCc1nn(C)cc1CNC(=O)c1cnccc1NC. The number of aromatic nitrogens is 3. The summed E-state index contributed by atoms with van der Waals surface area (Å²) in [5.74, 6) is -0.145. The van der Waals surface area contributed by atoms with Gasteiger partial charge in [-0.3, -0.25) is 14.5 Å². The molecule has 2 N–H and O–H groups in total. The Kier molecular flexibility index (Phi) is 4.34. The lowest BCUT2D eigenvalue weighted by atomic mass is 10.2. The second-order valence-corrected chi connectivity index (χ2v) is 4.48. The van der Waals surface area contributed by atoms with Crippen LogP contribution in [0.2, 0.25) is 0 Å². The zero-order chi connectivity index (χ0) is 14.5. The molecule has 0 saturated carbocycles. The smallest absolute Gasteiger partial charge is 0.255 e. The highest BCUT2D eigenvalue weighted by Crippen LogP contribution is 2.13. The zero-order valence-electron chi connectivity index (χ0n) is 12.0. The maximum absolute atomic E-state index is 12.2. The topological polar surface area (TPSA) is 71.8 Å². The molecule has 0 radical (unpaired) electrons. The van der Waals surface area contributed by atoms with E-state index in [2.05, 4.69) is 20.7 Å². The Morgan fingerprint density at radius 3 is 2.95 bits per heavy atom. The number of carbonyl (C=O) groups excluding carboxylic acids is 1. The Bertz CT molecular complexity index is 605. The van der Waals surface area contributed by atoms with Crippen LogP contribution in [0.1, 0.15) is 28.5 Å². The summed E-state index contributed by atoms with van der Waals surface area (Å²) in [7, 11) is 3.66. The van der Waals surface area contributed by atoms with Gasteiger partial charge in [-0.2, -0.15) is 5.10 Å². The summed E-state index contributed by atoms with van der Waals surface area (Å²) in [6.07, 6.45) is 5.99. The van der Waals surface area contributed by atoms with Crippen LogP contribution in [0.15, 0.2) is 24.7 Å². The Morgan fingerprint density at radius 1 is 1.45 bits per heavy atom. The maximum Gasteiger partial charge on any atom is 0.255 e. The molecule has 106 valence electrons. The van der Waals surface area contributed by atoms with Gasteiger partial charge >= 0.3 is 0 Å². The van der Waals surface area contributed by atoms with E-state index in [-0.39, 0.29) is 5.91 Å². The molecule has 0 saturated heterocycles. The van der Waals surface area contributed by atoms with Gasteiger partial charge in [0.05, 0.1) is 11.3 Å². The number of nitrogens with zero attached hydrogens (tertiary/aromatic N) is 3. The minimum Gasteiger partial charge on any atom is -0.387 e. The normalized spacial score (nSPS) is 10.3. The van der Waals surface area contributed by atoms with Gasteiger partial charge in [0.25, 0.3) is 5.91 Å². The summed E-state index contributed by atoms with van der Waals surface area (Å²) in [5, 5.41) is 10.2. The fourth-order valence-electron chi connectivity index (χ4n) is 2.09. The van der Waals surface area contributed by atoms with Gasteiger partial charge in [0, 0.05) is 50.5 Å². The van der Waals surface area contributed by atoms with Crippen LogP contribution in [0.5, 0.6) is 0 Å². The number of nitrogens with one attached hydrogen (secondary N) is 2. The van der Waals surface area contributed by atoms with Crippen molar-refractivity contribution >= 4 is 11.6 Å². The molecule has 0 aromatic carbocycles. The maximum atomic E-state index is 12.2. The summed E-state index contributed by atoms with van der Waals surface area (Å²) < 4.78 is 1.77. The summed E-state index contributed by atoms with van der Waals surface area (Å²) in [6, 6.07) is 1.77. The van der Waals surface area contributed by atoms with Crippen LogP contribution in [0, 0.1) is 0 Å². The van der Waals surface area contributed by atoms with E-state index >= 15 is 0 Å². The fraction of sp³-hybridized carbons (Fsp3) is 0.357. The van der Waals surface area contributed by atoms with Crippen molar-refractivity contribution < 1.29 is 4.79 Å². The molecule has 0 bridgehead atoms. The third-order valence-electron chi connectivity index (χ3n) is 3.10.